The van der Waals surface area contributed by atoms with E-state index in [1.54, 1.807) is 6.92 Å². The Morgan fingerprint density at radius 3 is 2.31 bits per heavy atom. The fourth-order valence-electron chi connectivity index (χ4n) is 1.17. The van der Waals surface area contributed by atoms with Crippen LogP contribution in [0.4, 0.5) is 8.78 Å². The second-order valence-electron chi connectivity index (χ2n) is 2.91. The molecule has 0 atom stereocenters. The Labute approximate surface area is 75.4 Å². The van der Waals surface area contributed by atoms with Gasteiger partial charge in [-0.1, -0.05) is 0 Å². The summed E-state index contributed by atoms with van der Waals surface area (Å²) in [5.74, 6) is -1.14. The third-order valence-electron chi connectivity index (χ3n) is 1.80. The molecule has 0 aliphatic rings. The Bertz CT molecular complexity index is 298. The molecule has 0 fully saturated rings. The first kappa shape index (κ1) is 9.84. The minimum atomic E-state index is -0.570. The smallest absolute Gasteiger partial charge is 0.129 e. The van der Waals surface area contributed by atoms with Crippen molar-refractivity contribution in [3.8, 4) is 0 Å². The minimum absolute atomic E-state index is 0.00213. The summed E-state index contributed by atoms with van der Waals surface area (Å²) in [7, 11) is 0. The monoisotopic (exact) mass is 184 g/mol. The van der Waals surface area contributed by atoms with Crippen LogP contribution in [0.25, 0.3) is 0 Å². The fraction of sp³-hybridized carbons (Fsp3) is 0.300. The first-order valence-electron chi connectivity index (χ1n) is 4.03. The summed E-state index contributed by atoms with van der Waals surface area (Å²) in [6, 6.07) is 2.53. The van der Waals surface area contributed by atoms with Gasteiger partial charge in [0.25, 0.3) is 0 Å². The van der Waals surface area contributed by atoms with Crippen LogP contribution in [0.3, 0.4) is 0 Å². The molecule has 0 heterocycles. The molecule has 0 unspecified atom stereocenters. The summed E-state index contributed by atoms with van der Waals surface area (Å²) in [5.41, 5.74) is 0.544. The van der Waals surface area contributed by atoms with Crippen LogP contribution in [-0.2, 0) is 11.2 Å². The van der Waals surface area contributed by atoms with Crippen molar-refractivity contribution in [2.24, 2.45) is 0 Å². The van der Waals surface area contributed by atoms with Gasteiger partial charge in [-0.15, -0.1) is 0 Å². The Balaban J connectivity index is 2.98. The largest absolute Gasteiger partial charge is 0.303 e. The molecule has 0 aliphatic heterocycles. The zero-order valence-corrected chi connectivity index (χ0v) is 7.31. The van der Waals surface area contributed by atoms with E-state index in [2.05, 4.69) is 0 Å². The number of hydrogen-bond acceptors (Lipinski definition) is 1. The Hall–Kier alpha value is -1.25. The molecule has 0 bridgehead atoms. The highest BCUT2D eigenvalue weighted by Crippen LogP contribution is 2.16. The van der Waals surface area contributed by atoms with Crippen LogP contribution in [0, 0.1) is 18.6 Å². The number of carbonyl (C=O) groups excluding carboxylic acids is 1. The second-order valence-corrected chi connectivity index (χ2v) is 2.91. The zero-order valence-electron chi connectivity index (χ0n) is 7.31. The molecule has 1 aromatic carbocycles. The summed E-state index contributed by atoms with van der Waals surface area (Å²) in [4.78, 5) is 10.0. The Kier molecular flexibility index (Phi) is 3.12. The molecular weight excluding hydrogens is 174 g/mol. The van der Waals surface area contributed by atoms with Crippen molar-refractivity contribution in [2.45, 2.75) is 19.8 Å². The fourth-order valence-corrected chi connectivity index (χ4v) is 1.17. The van der Waals surface area contributed by atoms with Gasteiger partial charge in [0.1, 0.15) is 17.9 Å². The number of benzene rings is 1. The number of halogens is 2. The normalized spacial score (nSPS) is 10.1. The second kappa shape index (κ2) is 4.12. The summed E-state index contributed by atoms with van der Waals surface area (Å²) in [5, 5.41) is 0. The molecular formula is C10H10F2O. The molecule has 0 spiro atoms. The predicted molar refractivity (Wildman–Crippen MR) is 45.5 cm³/mol. The van der Waals surface area contributed by atoms with Crippen molar-refractivity contribution in [1.82, 2.24) is 0 Å². The third kappa shape index (κ3) is 2.34. The molecule has 3 heteroatoms. The van der Waals surface area contributed by atoms with Gasteiger partial charge in [0.15, 0.2) is 0 Å². The molecule has 0 saturated carbocycles. The van der Waals surface area contributed by atoms with E-state index in [1.165, 1.54) is 12.1 Å². The highest BCUT2D eigenvalue weighted by molar-refractivity contribution is 5.50. The van der Waals surface area contributed by atoms with Gasteiger partial charge in [-0.2, -0.15) is 0 Å². The molecule has 13 heavy (non-hydrogen) atoms. The maximum Gasteiger partial charge on any atom is 0.129 e. The standard InChI is InChI=1S/C10H10F2O/c1-7-5-9(11)8(3-2-4-13)10(12)6-7/h4-6H,2-3H2,1H3. The highest BCUT2D eigenvalue weighted by atomic mass is 19.1. The van der Waals surface area contributed by atoms with Crippen molar-refractivity contribution >= 4 is 6.29 Å². The van der Waals surface area contributed by atoms with Crippen LogP contribution in [-0.4, -0.2) is 6.29 Å². The van der Waals surface area contributed by atoms with Gasteiger partial charge in [0.05, 0.1) is 0 Å². The van der Waals surface area contributed by atoms with Gasteiger partial charge in [0, 0.05) is 12.0 Å². The van der Waals surface area contributed by atoms with Crippen LogP contribution >= 0.6 is 0 Å². The van der Waals surface area contributed by atoms with Crippen molar-refractivity contribution in [3.05, 3.63) is 34.9 Å². The first-order valence-corrected chi connectivity index (χ1v) is 4.03. The lowest BCUT2D eigenvalue weighted by molar-refractivity contribution is -0.107. The average molecular weight is 184 g/mol. The number of carbonyl (C=O) groups is 1. The van der Waals surface area contributed by atoms with E-state index in [9.17, 15) is 13.6 Å². The van der Waals surface area contributed by atoms with Crippen LogP contribution < -0.4 is 0 Å². The summed E-state index contributed by atoms with van der Waals surface area (Å²) in [6.45, 7) is 1.62. The van der Waals surface area contributed by atoms with E-state index in [-0.39, 0.29) is 18.4 Å². The number of hydrogen-bond donors (Lipinski definition) is 0. The zero-order chi connectivity index (χ0) is 9.84. The molecule has 1 rings (SSSR count). The topological polar surface area (TPSA) is 17.1 Å². The quantitative estimate of drug-likeness (QED) is 0.659. The number of rotatable bonds is 3. The lowest BCUT2D eigenvalue weighted by Gasteiger charge is -2.03. The molecule has 1 aromatic rings. The Morgan fingerprint density at radius 1 is 1.31 bits per heavy atom. The van der Waals surface area contributed by atoms with Gasteiger partial charge >= 0.3 is 0 Å². The summed E-state index contributed by atoms with van der Waals surface area (Å²) < 4.78 is 26.2. The molecule has 0 N–H and O–H groups in total. The van der Waals surface area contributed by atoms with Crippen LogP contribution in [0.15, 0.2) is 12.1 Å². The van der Waals surface area contributed by atoms with Crippen LogP contribution in [0.2, 0.25) is 0 Å². The summed E-state index contributed by atoms with van der Waals surface area (Å²) in [6.07, 6.45) is 0.928. The molecule has 0 aromatic heterocycles. The minimum Gasteiger partial charge on any atom is -0.303 e. The van der Waals surface area contributed by atoms with E-state index in [0.29, 0.717) is 11.8 Å². The van der Waals surface area contributed by atoms with Crippen LogP contribution in [0.1, 0.15) is 17.5 Å². The molecule has 0 aliphatic carbocycles. The average Bonchev–Trinajstić information content (AvgIpc) is 2.02. The maximum absolute atomic E-state index is 13.1. The predicted octanol–water partition coefficient (Wildman–Crippen LogP) is 2.40. The first-order chi connectivity index (χ1) is 6.15. The van der Waals surface area contributed by atoms with E-state index in [0.717, 1.165) is 0 Å². The number of aryl methyl sites for hydroxylation is 1. The third-order valence-corrected chi connectivity index (χ3v) is 1.80. The van der Waals surface area contributed by atoms with Crippen molar-refractivity contribution < 1.29 is 13.6 Å². The van der Waals surface area contributed by atoms with E-state index < -0.39 is 11.6 Å². The van der Waals surface area contributed by atoms with Gasteiger partial charge in [-0.05, 0) is 31.0 Å². The van der Waals surface area contributed by atoms with Crippen molar-refractivity contribution in [1.29, 1.82) is 0 Å². The number of aldehydes is 1. The molecule has 1 nitrogen and oxygen atoms in total. The van der Waals surface area contributed by atoms with E-state index in [4.69, 9.17) is 0 Å². The van der Waals surface area contributed by atoms with Crippen LogP contribution in [0.5, 0.6) is 0 Å². The summed E-state index contributed by atoms with van der Waals surface area (Å²) >= 11 is 0. The van der Waals surface area contributed by atoms with Crippen molar-refractivity contribution in [3.63, 3.8) is 0 Å². The van der Waals surface area contributed by atoms with E-state index in [1.807, 2.05) is 0 Å². The van der Waals surface area contributed by atoms with E-state index >= 15 is 0 Å². The lowest BCUT2D eigenvalue weighted by Crippen LogP contribution is -1.97. The lowest BCUT2D eigenvalue weighted by atomic mass is 10.1. The van der Waals surface area contributed by atoms with Gasteiger partial charge in [-0.25, -0.2) is 8.78 Å². The maximum atomic E-state index is 13.1. The SMILES string of the molecule is Cc1cc(F)c(CCC=O)c(F)c1. The Morgan fingerprint density at radius 2 is 1.85 bits per heavy atom. The van der Waals surface area contributed by atoms with Gasteiger partial charge in [-0.3, -0.25) is 0 Å². The molecule has 70 valence electrons. The van der Waals surface area contributed by atoms with Gasteiger partial charge in [0.2, 0.25) is 0 Å². The van der Waals surface area contributed by atoms with Gasteiger partial charge < -0.3 is 4.79 Å². The van der Waals surface area contributed by atoms with Crippen molar-refractivity contribution in [2.75, 3.05) is 0 Å². The molecule has 0 radical (unpaired) electrons. The molecule has 0 saturated heterocycles. The highest BCUT2D eigenvalue weighted by Gasteiger charge is 2.08. The molecule has 0 amide bonds.